The van der Waals surface area contributed by atoms with Crippen molar-refractivity contribution in [2.75, 3.05) is 5.32 Å². The maximum atomic E-state index is 12.4. The van der Waals surface area contributed by atoms with Crippen LogP contribution in [0.1, 0.15) is 43.0 Å². The van der Waals surface area contributed by atoms with Gasteiger partial charge in [-0.2, -0.15) is 0 Å². The number of aliphatic imine (C=N–C) groups is 1. The molecule has 1 heterocycles. The molecule has 1 aromatic carbocycles. The summed E-state index contributed by atoms with van der Waals surface area (Å²) in [5.74, 6) is -0.237. The maximum Gasteiger partial charge on any atom is 0.248 e. The van der Waals surface area contributed by atoms with E-state index in [2.05, 4.69) is 10.3 Å². The Hall–Kier alpha value is -3.54. The Morgan fingerprint density at radius 1 is 1.34 bits per heavy atom. The molecule has 0 saturated heterocycles. The summed E-state index contributed by atoms with van der Waals surface area (Å²) in [6.07, 6.45) is 13.6. The van der Waals surface area contributed by atoms with Gasteiger partial charge in [0.15, 0.2) is 5.78 Å². The van der Waals surface area contributed by atoms with Crippen molar-refractivity contribution in [3.05, 3.63) is 77.2 Å². The Kier molecular flexibility index (Phi) is 8.51. The molecular formula is C23H26N4O2. The number of ketones is 1. The number of Topliss-reactive ketones (excluding diaryl/α,β-unsaturated/α-hetero) is 1. The number of anilines is 1. The first-order valence-corrected chi connectivity index (χ1v) is 9.55. The van der Waals surface area contributed by atoms with Gasteiger partial charge in [-0.15, -0.1) is 0 Å². The highest BCUT2D eigenvalue weighted by molar-refractivity contribution is 6.02. The zero-order valence-corrected chi connectivity index (χ0v) is 16.5. The zero-order valence-electron chi connectivity index (χ0n) is 16.5. The highest BCUT2D eigenvalue weighted by Crippen LogP contribution is 2.20. The van der Waals surface area contributed by atoms with E-state index >= 15 is 0 Å². The van der Waals surface area contributed by atoms with Gasteiger partial charge in [0.25, 0.3) is 0 Å². The topological polar surface area (TPSA) is 108 Å². The van der Waals surface area contributed by atoms with Gasteiger partial charge in [0.1, 0.15) is 0 Å². The summed E-state index contributed by atoms with van der Waals surface area (Å²) in [5, 5.41) is 10.3. The van der Waals surface area contributed by atoms with Gasteiger partial charge >= 0.3 is 0 Å². The average Bonchev–Trinajstić information content (AvgIpc) is 2.97. The van der Waals surface area contributed by atoms with Crippen molar-refractivity contribution in [3.63, 3.8) is 0 Å². The molecule has 6 nitrogen and oxygen atoms in total. The van der Waals surface area contributed by atoms with Gasteiger partial charge in [-0.3, -0.25) is 14.6 Å². The van der Waals surface area contributed by atoms with Crippen LogP contribution in [0.4, 0.5) is 5.69 Å². The Bertz CT molecular complexity index is 921. The fourth-order valence-corrected chi connectivity index (χ4v) is 2.81. The molecule has 29 heavy (non-hydrogen) atoms. The predicted octanol–water partition coefficient (Wildman–Crippen LogP) is 4.33. The monoisotopic (exact) mass is 390 g/mol. The molecule has 150 valence electrons. The van der Waals surface area contributed by atoms with Crippen LogP contribution in [-0.4, -0.2) is 24.1 Å². The van der Waals surface area contributed by atoms with Crippen LogP contribution in [0.15, 0.2) is 76.6 Å². The van der Waals surface area contributed by atoms with Crippen LogP contribution in [0.25, 0.3) is 0 Å². The molecular weight excluding hydrogens is 364 g/mol. The fraction of sp³-hybridized carbons (Fsp3) is 0.217. The van der Waals surface area contributed by atoms with Crippen molar-refractivity contribution >= 4 is 29.8 Å². The quantitative estimate of drug-likeness (QED) is 0.332. The van der Waals surface area contributed by atoms with E-state index in [1.807, 2.05) is 6.92 Å². The van der Waals surface area contributed by atoms with Gasteiger partial charge < -0.3 is 16.5 Å². The summed E-state index contributed by atoms with van der Waals surface area (Å²) < 4.78 is 0. The molecule has 4 N–H and O–H groups in total. The molecule has 1 amide bonds. The van der Waals surface area contributed by atoms with Gasteiger partial charge in [0, 0.05) is 60.6 Å². The van der Waals surface area contributed by atoms with Gasteiger partial charge in [0.05, 0.1) is 0 Å². The Morgan fingerprint density at radius 3 is 2.90 bits per heavy atom. The first kappa shape index (κ1) is 21.8. The highest BCUT2D eigenvalue weighted by Gasteiger charge is 2.09. The van der Waals surface area contributed by atoms with Crippen LogP contribution in [0.3, 0.4) is 0 Å². The lowest BCUT2D eigenvalue weighted by Gasteiger charge is -2.07. The zero-order chi connectivity index (χ0) is 21.1. The summed E-state index contributed by atoms with van der Waals surface area (Å²) in [7, 11) is 0. The van der Waals surface area contributed by atoms with Crippen molar-refractivity contribution in [2.24, 2.45) is 10.7 Å². The lowest BCUT2D eigenvalue weighted by atomic mass is 9.99. The molecule has 1 aromatic rings. The number of nitrogens with zero attached hydrogens (tertiary/aromatic N) is 1. The van der Waals surface area contributed by atoms with Crippen LogP contribution in [0.5, 0.6) is 0 Å². The summed E-state index contributed by atoms with van der Waals surface area (Å²) in [6.45, 7) is 2.04. The predicted molar refractivity (Wildman–Crippen MR) is 118 cm³/mol. The number of allylic oxidation sites excluding steroid dienone is 5. The molecule has 0 aliphatic carbocycles. The molecule has 0 saturated carbocycles. The maximum absolute atomic E-state index is 12.4. The summed E-state index contributed by atoms with van der Waals surface area (Å²) in [5.41, 5.74) is 8.88. The molecule has 6 heteroatoms. The number of carbonyl (C=O) groups is 2. The average molecular weight is 390 g/mol. The summed E-state index contributed by atoms with van der Waals surface area (Å²) in [6, 6.07) is 6.96. The number of hydrogen-bond donors (Lipinski definition) is 3. The van der Waals surface area contributed by atoms with Crippen molar-refractivity contribution in [1.29, 1.82) is 5.41 Å². The second-order valence-electron chi connectivity index (χ2n) is 6.49. The van der Waals surface area contributed by atoms with Gasteiger partial charge in [-0.25, -0.2) is 0 Å². The van der Waals surface area contributed by atoms with E-state index in [1.54, 1.807) is 48.8 Å². The number of nitrogens with two attached hydrogens (primary N) is 1. The largest absolute Gasteiger partial charge is 0.404 e. The van der Waals surface area contributed by atoms with E-state index in [9.17, 15) is 9.59 Å². The highest BCUT2D eigenvalue weighted by atomic mass is 16.1. The van der Waals surface area contributed by atoms with Gasteiger partial charge in [0.2, 0.25) is 5.91 Å². The van der Waals surface area contributed by atoms with E-state index in [0.717, 1.165) is 24.0 Å². The van der Waals surface area contributed by atoms with E-state index in [-0.39, 0.29) is 11.7 Å². The number of benzene rings is 1. The molecule has 0 bridgehead atoms. The van der Waals surface area contributed by atoms with Crippen LogP contribution < -0.4 is 11.1 Å². The first-order chi connectivity index (χ1) is 14.1. The number of amides is 1. The Morgan fingerprint density at radius 2 is 2.17 bits per heavy atom. The molecule has 1 aliphatic rings. The van der Waals surface area contributed by atoms with E-state index in [0.29, 0.717) is 29.7 Å². The second-order valence-corrected chi connectivity index (χ2v) is 6.49. The minimum absolute atomic E-state index is 0.0746. The third kappa shape index (κ3) is 6.53. The third-order valence-electron chi connectivity index (χ3n) is 4.38. The number of nitrogens with one attached hydrogen (secondary N) is 2. The lowest BCUT2D eigenvalue weighted by molar-refractivity contribution is -0.111. The van der Waals surface area contributed by atoms with Crippen molar-refractivity contribution in [3.8, 4) is 0 Å². The Balaban J connectivity index is 2.14. The van der Waals surface area contributed by atoms with Crippen LogP contribution in [-0.2, 0) is 4.79 Å². The summed E-state index contributed by atoms with van der Waals surface area (Å²) >= 11 is 0. The van der Waals surface area contributed by atoms with Gasteiger partial charge in [-0.05, 0) is 35.8 Å². The Labute approximate surface area is 171 Å². The van der Waals surface area contributed by atoms with Crippen molar-refractivity contribution < 1.29 is 9.59 Å². The number of rotatable bonds is 9. The molecule has 2 rings (SSSR count). The smallest absolute Gasteiger partial charge is 0.248 e. The van der Waals surface area contributed by atoms with E-state index in [4.69, 9.17) is 11.1 Å². The minimum atomic E-state index is -0.312. The molecule has 0 fully saturated rings. The van der Waals surface area contributed by atoms with Gasteiger partial charge in [-0.1, -0.05) is 31.6 Å². The second kappa shape index (κ2) is 11.3. The molecule has 0 spiro atoms. The third-order valence-corrected chi connectivity index (χ3v) is 4.38. The number of unbranched alkanes of at least 4 members (excludes halogenated alkanes) is 1. The van der Waals surface area contributed by atoms with E-state index in [1.165, 1.54) is 18.5 Å². The molecule has 1 aliphatic heterocycles. The number of carbonyl (C=O) groups excluding carboxylic acids is 2. The molecule has 0 atom stereocenters. The standard InChI is InChI=1S/C23H26N4O2/c1-2-3-7-22(28)18-5-4-6-20(14-18)27-23(29)9-8-17-10-12-26-13-11-21(17)19(15-24)16-25/h4-6,8-9,11-16,24H,2-3,7,10,25H2,1H3,(H,27,29)/b9-8+,19-16+,24-15?. The van der Waals surface area contributed by atoms with Crippen LogP contribution in [0, 0.1) is 5.41 Å². The fourth-order valence-electron chi connectivity index (χ4n) is 2.81. The first-order valence-electron chi connectivity index (χ1n) is 9.55. The normalized spacial score (nSPS) is 14.2. The van der Waals surface area contributed by atoms with Crippen LogP contribution >= 0.6 is 0 Å². The molecule has 0 aromatic heterocycles. The van der Waals surface area contributed by atoms with Crippen molar-refractivity contribution in [1.82, 2.24) is 0 Å². The van der Waals surface area contributed by atoms with Crippen molar-refractivity contribution in [2.45, 2.75) is 32.6 Å². The summed E-state index contributed by atoms with van der Waals surface area (Å²) in [4.78, 5) is 28.7. The van der Waals surface area contributed by atoms with E-state index < -0.39 is 0 Å². The minimum Gasteiger partial charge on any atom is -0.404 e. The molecule has 0 unspecified atom stereocenters. The SMILES string of the molecule is CCCCC(=O)c1cccc(NC(=O)/C=C/C2=C(C(/C=N)=C/N)C=CN=CC2)c1. The molecule has 0 radical (unpaired) electrons. The van der Waals surface area contributed by atoms with Crippen LogP contribution in [0.2, 0.25) is 0 Å². The lowest BCUT2D eigenvalue weighted by Crippen LogP contribution is -2.09. The number of hydrogen-bond acceptors (Lipinski definition) is 5.